The first-order valence-corrected chi connectivity index (χ1v) is 8.02. The van der Waals surface area contributed by atoms with Gasteiger partial charge in [0.15, 0.2) is 0 Å². The lowest BCUT2D eigenvalue weighted by molar-refractivity contribution is -0.305. The standard InChI is InChI=1S/C18H17ClN2O5/c1-26-15-7-6-11(19)10-14(15)21-18(25)12-4-2-3-5-13(12)20-16(22)8-9-17(23)24/h2-7,10H,8-9H2,1H3,(H,20,22)(H,21,25)(H,23,24)/p-1. The molecule has 2 N–H and O–H groups in total. The molecule has 0 aliphatic heterocycles. The average molecular weight is 376 g/mol. The maximum atomic E-state index is 12.6. The fraction of sp³-hybridized carbons (Fsp3) is 0.167. The van der Waals surface area contributed by atoms with Crippen molar-refractivity contribution in [2.45, 2.75) is 12.8 Å². The average Bonchev–Trinajstić information content (AvgIpc) is 2.60. The van der Waals surface area contributed by atoms with Gasteiger partial charge in [-0.25, -0.2) is 0 Å². The van der Waals surface area contributed by atoms with E-state index in [4.69, 9.17) is 16.3 Å². The lowest BCUT2D eigenvalue weighted by Gasteiger charge is -2.13. The molecule has 0 saturated heterocycles. The Labute approximate surface area is 154 Å². The van der Waals surface area contributed by atoms with E-state index in [1.54, 1.807) is 36.4 Å². The lowest BCUT2D eigenvalue weighted by atomic mass is 10.1. The highest BCUT2D eigenvalue weighted by molar-refractivity contribution is 6.31. The highest BCUT2D eigenvalue weighted by Gasteiger charge is 2.15. The number of rotatable bonds is 7. The van der Waals surface area contributed by atoms with E-state index in [2.05, 4.69) is 10.6 Å². The SMILES string of the molecule is COc1ccc(Cl)cc1NC(=O)c1ccccc1NC(=O)CCC(=O)[O-]. The van der Waals surface area contributed by atoms with Crippen molar-refractivity contribution in [2.24, 2.45) is 0 Å². The summed E-state index contributed by atoms with van der Waals surface area (Å²) >= 11 is 5.95. The summed E-state index contributed by atoms with van der Waals surface area (Å²) in [6.45, 7) is 0. The normalized spacial score (nSPS) is 10.1. The smallest absolute Gasteiger partial charge is 0.257 e. The zero-order chi connectivity index (χ0) is 19.1. The Morgan fingerprint density at radius 1 is 1.04 bits per heavy atom. The molecule has 0 spiro atoms. The first-order valence-electron chi connectivity index (χ1n) is 7.64. The Hall–Kier alpha value is -3.06. The summed E-state index contributed by atoms with van der Waals surface area (Å²) in [5.74, 6) is -1.91. The zero-order valence-electron chi connectivity index (χ0n) is 13.9. The molecule has 26 heavy (non-hydrogen) atoms. The number of hydrogen-bond acceptors (Lipinski definition) is 5. The molecule has 0 heterocycles. The molecule has 2 rings (SSSR count). The van der Waals surface area contributed by atoms with Crippen LogP contribution in [0.4, 0.5) is 11.4 Å². The minimum absolute atomic E-state index is 0.205. The molecular weight excluding hydrogens is 360 g/mol. The molecule has 0 fully saturated rings. The van der Waals surface area contributed by atoms with Gasteiger partial charge in [0.2, 0.25) is 5.91 Å². The molecule has 0 saturated carbocycles. The number of ether oxygens (including phenoxy) is 1. The monoisotopic (exact) mass is 375 g/mol. The van der Waals surface area contributed by atoms with Crippen molar-refractivity contribution in [3.05, 3.63) is 53.1 Å². The molecular formula is C18H16ClN2O5-. The van der Waals surface area contributed by atoms with E-state index in [0.29, 0.717) is 16.5 Å². The van der Waals surface area contributed by atoms with Crippen LogP contribution < -0.4 is 20.5 Å². The van der Waals surface area contributed by atoms with Gasteiger partial charge in [-0.1, -0.05) is 23.7 Å². The second kappa shape index (κ2) is 8.87. The Morgan fingerprint density at radius 3 is 2.46 bits per heavy atom. The molecule has 0 unspecified atom stereocenters. The Kier molecular flexibility index (Phi) is 6.57. The molecule has 0 radical (unpaired) electrons. The number of amides is 2. The Balaban J connectivity index is 2.18. The molecule has 136 valence electrons. The third kappa shape index (κ3) is 5.22. The van der Waals surface area contributed by atoms with E-state index in [9.17, 15) is 19.5 Å². The zero-order valence-corrected chi connectivity index (χ0v) is 14.6. The third-order valence-electron chi connectivity index (χ3n) is 3.41. The van der Waals surface area contributed by atoms with Crippen LogP contribution in [0.15, 0.2) is 42.5 Å². The third-order valence-corrected chi connectivity index (χ3v) is 3.65. The van der Waals surface area contributed by atoms with Crippen LogP contribution in [0.3, 0.4) is 0 Å². The van der Waals surface area contributed by atoms with Crippen molar-refractivity contribution in [2.75, 3.05) is 17.7 Å². The number of para-hydroxylation sites is 1. The molecule has 0 bridgehead atoms. The van der Waals surface area contributed by atoms with Gasteiger partial charge in [-0.2, -0.15) is 0 Å². The van der Waals surface area contributed by atoms with Gasteiger partial charge in [-0.05, 0) is 36.8 Å². The van der Waals surface area contributed by atoms with Crippen molar-refractivity contribution in [3.8, 4) is 5.75 Å². The van der Waals surface area contributed by atoms with E-state index < -0.39 is 24.2 Å². The van der Waals surface area contributed by atoms with Crippen molar-refractivity contribution >= 4 is 40.8 Å². The highest BCUT2D eigenvalue weighted by Crippen LogP contribution is 2.28. The Morgan fingerprint density at radius 2 is 1.77 bits per heavy atom. The van der Waals surface area contributed by atoms with Crippen LogP contribution in [0.1, 0.15) is 23.2 Å². The summed E-state index contributed by atoms with van der Waals surface area (Å²) in [7, 11) is 1.46. The summed E-state index contributed by atoms with van der Waals surface area (Å²) in [6, 6.07) is 11.1. The minimum Gasteiger partial charge on any atom is -0.550 e. The van der Waals surface area contributed by atoms with Gasteiger partial charge >= 0.3 is 0 Å². The number of nitrogens with one attached hydrogen (secondary N) is 2. The molecule has 2 aromatic carbocycles. The number of aliphatic carboxylic acids is 1. The van der Waals surface area contributed by atoms with Gasteiger partial charge in [0.1, 0.15) is 5.75 Å². The summed E-state index contributed by atoms with van der Waals surface area (Å²) in [4.78, 5) is 34.9. The topological polar surface area (TPSA) is 108 Å². The van der Waals surface area contributed by atoms with Crippen LogP contribution in [0, 0.1) is 0 Å². The number of anilines is 2. The van der Waals surface area contributed by atoms with Crippen molar-refractivity contribution < 1.29 is 24.2 Å². The summed E-state index contributed by atoms with van der Waals surface area (Å²) in [6.07, 6.45) is -0.652. The number of methoxy groups -OCH3 is 1. The molecule has 0 atom stereocenters. The predicted octanol–water partition coefficient (Wildman–Crippen LogP) is 2.07. The quantitative estimate of drug-likeness (QED) is 0.770. The van der Waals surface area contributed by atoms with Gasteiger partial charge in [-0.15, -0.1) is 0 Å². The van der Waals surface area contributed by atoms with Crippen LogP contribution in [0.2, 0.25) is 5.02 Å². The number of carbonyl (C=O) groups excluding carboxylic acids is 3. The van der Waals surface area contributed by atoms with E-state index >= 15 is 0 Å². The maximum absolute atomic E-state index is 12.6. The maximum Gasteiger partial charge on any atom is 0.257 e. The predicted molar refractivity (Wildman–Crippen MR) is 95.3 cm³/mol. The van der Waals surface area contributed by atoms with Crippen LogP contribution in [0.25, 0.3) is 0 Å². The van der Waals surface area contributed by atoms with Gasteiger partial charge in [0, 0.05) is 17.4 Å². The van der Waals surface area contributed by atoms with Crippen LogP contribution in [-0.4, -0.2) is 24.9 Å². The molecule has 2 aromatic rings. The van der Waals surface area contributed by atoms with Gasteiger partial charge < -0.3 is 25.3 Å². The van der Waals surface area contributed by atoms with Crippen molar-refractivity contribution in [1.82, 2.24) is 0 Å². The molecule has 0 aromatic heterocycles. The fourth-order valence-corrected chi connectivity index (χ4v) is 2.36. The van der Waals surface area contributed by atoms with E-state index in [0.717, 1.165) is 0 Å². The van der Waals surface area contributed by atoms with Gasteiger partial charge in [0.25, 0.3) is 5.91 Å². The van der Waals surface area contributed by atoms with Crippen molar-refractivity contribution in [3.63, 3.8) is 0 Å². The second-order valence-electron chi connectivity index (χ2n) is 5.26. The fourth-order valence-electron chi connectivity index (χ4n) is 2.19. The lowest BCUT2D eigenvalue weighted by Crippen LogP contribution is -2.24. The minimum atomic E-state index is -1.32. The van der Waals surface area contributed by atoms with Crippen LogP contribution in [0.5, 0.6) is 5.75 Å². The molecule has 0 aliphatic rings. The summed E-state index contributed by atoms with van der Waals surface area (Å²) in [5, 5.41) is 16.1. The van der Waals surface area contributed by atoms with Crippen LogP contribution in [-0.2, 0) is 9.59 Å². The second-order valence-corrected chi connectivity index (χ2v) is 5.70. The molecule has 0 aliphatic carbocycles. The largest absolute Gasteiger partial charge is 0.550 e. The van der Waals surface area contributed by atoms with Crippen LogP contribution >= 0.6 is 11.6 Å². The number of hydrogen-bond donors (Lipinski definition) is 2. The van der Waals surface area contributed by atoms with Gasteiger partial charge in [0.05, 0.1) is 24.0 Å². The number of carboxylic acid groups (broad SMARTS) is 1. The first-order chi connectivity index (χ1) is 12.4. The number of carboxylic acids is 1. The first kappa shape index (κ1) is 19.3. The molecule has 8 heteroatoms. The van der Waals surface area contributed by atoms with Crippen molar-refractivity contribution in [1.29, 1.82) is 0 Å². The number of carbonyl (C=O) groups is 3. The summed E-state index contributed by atoms with van der Waals surface area (Å²) < 4.78 is 5.18. The number of benzene rings is 2. The van der Waals surface area contributed by atoms with E-state index in [1.165, 1.54) is 13.2 Å². The molecule has 2 amide bonds. The van der Waals surface area contributed by atoms with Gasteiger partial charge in [-0.3, -0.25) is 9.59 Å². The van der Waals surface area contributed by atoms with E-state index in [1.807, 2.05) is 0 Å². The van der Waals surface area contributed by atoms with E-state index in [-0.39, 0.29) is 17.7 Å². The summed E-state index contributed by atoms with van der Waals surface area (Å²) in [5.41, 5.74) is 0.841. The Bertz CT molecular complexity index is 838. The highest BCUT2D eigenvalue weighted by atomic mass is 35.5. The molecule has 7 nitrogen and oxygen atoms in total. The number of halogens is 1.